The second kappa shape index (κ2) is 7.98. The second-order valence-electron chi connectivity index (χ2n) is 7.95. The molecule has 0 radical (unpaired) electrons. The minimum absolute atomic E-state index is 0.113. The van der Waals surface area contributed by atoms with Crippen molar-refractivity contribution < 1.29 is 18.0 Å². The van der Waals surface area contributed by atoms with E-state index in [0.717, 1.165) is 32.7 Å². The number of amidine groups is 2. The summed E-state index contributed by atoms with van der Waals surface area (Å²) in [5.74, 6) is -1.20. The van der Waals surface area contributed by atoms with Gasteiger partial charge in [0.05, 0.1) is 5.57 Å². The van der Waals surface area contributed by atoms with Crippen LogP contribution in [0.5, 0.6) is 0 Å². The summed E-state index contributed by atoms with van der Waals surface area (Å²) in [5.41, 5.74) is 4.70. The van der Waals surface area contributed by atoms with Crippen molar-refractivity contribution in [2.75, 3.05) is 0 Å². The normalized spacial score (nSPS) is 17.4. The number of carbonyl (C=O) groups excluding carboxylic acids is 1. The minimum atomic E-state index is -4.68. The molecular weight excluding hydrogens is 463 g/mol. The van der Waals surface area contributed by atoms with Crippen LogP contribution in [0.4, 0.5) is 13.2 Å². The quantitative estimate of drug-likeness (QED) is 0.503. The van der Waals surface area contributed by atoms with Crippen molar-refractivity contribution in [1.29, 1.82) is 5.41 Å². The molecule has 0 atom stereocenters. The molecule has 0 spiro atoms. The van der Waals surface area contributed by atoms with Crippen LogP contribution in [0.25, 0.3) is 17.0 Å². The van der Waals surface area contributed by atoms with Crippen LogP contribution in [0, 0.1) is 19.3 Å². The molecular formula is C24H18F3N5OS. The van der Waals surface area contributed by atoms with E-state index < -0.39 is 23.0 Å². The van der Waals surface area contributed by atoms with Gasteiger partial charge in [0.15, 0.2) is 5.84 Å². The predicted octanol–water partition coefficient (Wildman–Crippen LogP) is 5.49. The number of carbonyl (C=O) groups is 1. The third kappa shape index (κ3) is 3.63. The standard InChI is InChI=1S/C24H18F3N5OS/c1-13-7-3-4-8-15(13)12-31-14(2)17(16-9-5-6-10-19(16)31)11-18-20(28)32-23(29-21(18)33)34-22(30-32)24(25,26)27/h3-11,28H,12H2,1-2H3/b18-11-,28-20?. The first kappa shape index (κ1) is 22.1. The largest absolute Gasteiger partial charge is 0.441 e. The number of aliphatic imine (C=N–C) groups is 1. The highest BCUT2D eigenvalue weighted by molar-refractivity contribution is 8.27. The number of aromatic nitrogens is 1. The SMILES string of the molecule is Cc1ccccc1Cn1c(C)c(/C=C2/C(=N)N3N=C(C(F)(F)F)SC3=NC2=O)c2ccccc21. The number of hydrogen-bond donors (Lipinski definition) is 1. The van der Waals surface area contributed by atoms with Gasteiger partial charge in [-0.3, -0.25) is 10.2 Å². The molecule has 0 aliphatic carbocycles. The van der Waals surface area contributed by atoms with Crippen LogP contribution >= 0.6 is 11.8 Å². The Balaban J connectivity index is 1.61. The Morgan fingerprint density at radius 1 is 1.09 bits per heavy atom. The number of fused-ring (bicyclic) bond motifs is 2. The average molecular weight is 482 g/mol. The number of nitrogens with zero attached hydrogens (tertiary/aromatic N) is 4. The zero-order valence-electron chi connectivity index (χ0n) is 18.1. The lowest BCUT2D eigenvalue weighted by Gasteiger charge is -2.20. The van der Waals surface area contributed by atoms with Crippen LogP contribution < -0.4 is 0 Å². The van der Waals surface area contributed by atoms with Crippen molar-refractivity contribution >= 4 is 50.7 Å². The van der Waals surface area contributed by atoms with Crippen LogP contribution in [0.3, 0.4) is 0 Å². The molecule has 6 nitrogen and oxygen atoms in total. The Kier molecular flexibility index (Phi) is 5.20. The maximum absolute atomic E-state index is 13.1. The second-order valence-corrected chi connectivity index (χ2v) is 8.91. The Morgan fingerprint density at radius 3 is 2.53 bits per heavy atom. The smallest absolute Gasteiger partial charge is 0.340 e. The molecule has 0 unspecified atom stereocenters. The van der Waals surface area contributed by atoms with Crippen molar-refractivity contribution in [3.05, 3.63) is 76.5 Å². The van der Waals surface area contributed by atoms with E-state index in [-0.39, 0.29) is 22.5 Å². The van der Waals surface area contributed by atoms with Gasteiger partial charge >= 0.3 is 6.18 Å². The van der Waals surface area contributed by atoms with Crippen molar-refractivity contribution in [2.24, 2.45) is 10.1 Å². The number of alkyl halides is 3. The van der Waals surface area contributed by atoms with Crippen molar-refractivity contribution in [1.82, 2.24) is 9.58 Å². The summed E-state index contributed by atoms with van der Waals surface area (Å²) in [6.45, 7) is 4.57. The van der Waals surface area contributed by atoms with Crippen LogP contribution in [0.15, 0.2) is 64.2 Å². The fourth-order valence-electron chi connectivity index (χ4n) is 4.05. The lowest BCUT2D eigenvalue weighted by molar-refractivity contribution is -0.114. The summed E-state index contributed by atoms with van der Waals surface area (Å²) < 4.78 is 41.4. The highest BCUT2D eigenvalue weighted by Gasteiger charge is 2.46. The van der Waals surface area contributed by atoms with Crippen LogP contribution in [-0.2, 0) is 11.3 Å². The van der Waals surface area contributed by atoms with E-state index in [1.165, 1.54) is 6.08 Å². The molecule has 0 fully saturated rings. The Morgan fingerprint density at radius 2 is 1.79 bits per heavy atom. The zero-order chi connectivity index (χ0) is 24.2. The fourth-order valence-corrected chi connectivity index (χ4v) is 4.81. The van der Waals surface area contributed by atoms with Crippen molar-refractivity contribution in [2.45, 2.75) is 26.6 Å². The number of thioether (sulfide) groups is 1. The van der Waals surface area contributed by atoms with Gasteiger partial charge in [0.25, 0.3) is 5.91 Å². The van der Waals surface area contributed by atoms with Gasteiger partial charge in [0.2, 0.25) is 10.2 Å². The summed E-state index contributed by atoms with van der Waals surface area (Å²) in [7, 11) is 0. The van der Waals surface area contributed by atoms with E-state index in [4.69, 9.17) is 5.41 Å². The number of hydrogen-bond acceptors (Lipinski definition) is 4. The molecule has 34 heavy (non-hydrogen) atoms. The number of amides is 1. The number of nitrogens with one attached hydrogen (secondary N) is 1. The van der Waals surface area contributed by atoms with Gasteiger partial charge < -0.3 is 4.57 Å². The first-order chi connectivity index (χ1) is 16.1. The predicted molar refractivity (Wildman–Crippen MR) is 128 cm³/mol. The summed E-state index contributed by atoms with van der Waals surface area (Å²) in [6.07, 6.45) is -3.15. The van der Waals surface area contributed by atoms with Gasteiger partial charge in [-0.15, -0.1) is 0 Å². The molecule has 2 aromatic carbocycles. The van der Waals surface area contributed by atoms with Crippen molar-refractivity contribution in [3.63, 3.8) is 0 Å². The molecule has 5 rings (SSSR count). The third-order valence-electron chi connectivity index (χ3n) is 5.86. The molecule has 3 aromatic rings. The van der Waals surface area contributed by atoms with Crippen LogP contribution in [0.1, 0.15) is 22.4 Å². The Hall–Kier alpha value is -3.66. The topological polar surface area (TPSA) is 73.8 Å². The maximum atomic E-state index is 13.1. The third-order valence-corrected chi connectivity index (χ3v) is 6.81. The zero-order valence-corrected chi connectivity index (χ0v) is 19.0. The van der Waals surface area contributed by atoms with E-state index in [9.17, 15) is 18.0 Å². The van der Waals surface area contributed by atoms with E-state index in [1.54, 1.807) is 0 Å². The lowest BCUT2D eigenvalue weighted by atomic mass is 10.1. The van der Waals surface area contributed by atoms with Gasteiger partial charge in [0, 0.05) is 28.7 Å². The molecule has 2 aliphatic rings. The highest BCUT2D eigenvalue weighted by Crippen LogP contribution is 2.36. The Labute approximate surface area is 197 Å². The molecule has 172 valence electrons. The lowest BCUT2D eigenvalue weighted by Crippen LogP contribution is -2.35. The number of aryl methyl sites for hydroxylation is 1. The first-order valence-electron chi connectivity index (χ1n) is 10.3. The Bertz CT molecular complexity index is 1470. The minimum Gasteiger partial charge on any atom is -0.340 e. The first-order valence-corrected chi connectivity index (χ1v) is 11.2. The van der Waals surface area contributed by atoms with Gasteiger partial charge in [-0.25, -0.2) is 0 Å². The summed E-state index contributed by atoms with van der Waals surface area (Å²) in [4.78, 5) is 16.5. The summed E-state index contributed by atoms with van der Waals surface area (Å²) in [6, 6.07) is 15.8. The average Bonchev–Trinajstić information content (AvgIpc) is 3.33. The molecule has 1 aromatic heterocycles. The molecule has 0 saturated carbocycles. The number of rotatable bonds is 3. The monoisotopic (exact) mass is 481 g/mol. The maximum Gasteiger partial charge on any atom is 0.441 e. The van der Waals surface area contributed by atoms with E-state index in [2.05, 4.69) is 20.7 Å². The number of benzene rings is 2. The fraction of sp³-hybridized carbons (Fsp3) is 0.167. The number of para-hydroxylation sites is 1. The number of hydrazone groups is 1. The highest BCUT2D eigenvalue weighted by atomic mass is 32.2. The molecule has 0 bridgehead atoms. The van der Waals surface area contributed by atoms with Crippen molar-refractivity contribution in [3.8, 4) is 0 Å². The molecule has 2 aliphatic heterocycles. The molecule has 1 N–H and O–H groups in total. The molecule has 10 heteroatoms. The molecule has 3 heterocycles. The number of halogens is 3. The van der Waals surface area contributed by atoms with Gasteiger partial charge in [-0.1, -0.05) is 42.5 Å². The van der Waals surface area contributed by atoms with Crippen LogP contribution in [-0.4, -0.2) is 37.7 Å². The summed E-state index contributed by atoms with van der Waals surface area (Å²) in [5, 5.41) is 12.1. The van der Waals surface area contributed by atoms with E-state index in [0.29, 0.717) is 12.1 Å². The van der Waals surface area contributed by atoms with E-state index >= 15 is 0 Å². The molecule has 0 saturated heterocycles. The summed E-state index contributed by atoms with van der Waals surface area (Å²) >= 11 is 0.238. The van der Waals surface area contributed by atoms with Crippen LogP contribution in [0.2, 0.25) is 0 Å². The van der Waals surface area contributed by atoms with Gasteiger partial charge in [0.1, 0.15) is 0 Å². The van der Waals surface area contributed by atoms with E-state index in [1.807, 2.05) is 56.3 Å². The van der Waals surface area contributed by atoms with Gasteiger partial charge in [-0.05, 0) is 48.9 Å². The van der Waals surface area contributed by atoms with Gasteiger partial charge in [-0.2, -0.15) is 28.3 Å². The molecule has 1 amide bonds.